The zero-order chi connectivity index (χ0) is 28.0. The molecule has 0 bridgehead atoms. The van der Waals surface area contributed by atoms with Gasteiger partial charge in [0.2, 0.25) is 11.0 Å². The first-order valence-corrected chi connectivity index (χ1v) is 15.1. The minimum absolute atomic E-state index is 0.0172. The summed E-state index contributed by atoms with van der Waals surface area (Å²) in [5.41, 5.74) is 0.166. The van der Waals surface area contributed by atoms with Crippen LogP contribution in [0.2, 0.25) is 0 Å². The van der Waals surface area contributed by atoms with Gasteiger partial charge in [-0.05, 0) is 30.7 Å². The van der Waals surface area contributed by atoms with Crippen molar-refractivity contribution < 1.29 is 36.0 Å². The predicted molar refractivity (Wildman–Crippen MR) is 144 cm³/mol. The van der Waals surface area contributed by atoms with Crippen molar-refractivity contribution in [1.82, 2.24) is 18.9 Å². The number of halogens is 3. The van der Waals surface area contributed by atoms with E-state index in [-0.39, 0.29) is 31.2 Å². The van der Waals surface area contributed by atoms with Crippen molar-refractivity contribution in [2.45, 2.75) is 41.6 Å². The number of hydrogen-bond acceptors (Lipinski definition) is 10. The number of aromatic nitrogens is 3. The Morgan fingerprint density at radius 2 is 2.00 bits per heavy atom. The Balaban J connectivity index is 1.15. The Morgan fingerprint density at radius 1 is 1.20 bits per heavy atom. The highest BCUT2D eigenvalue weighted by molar-refractivity contribution is 7.99. The number of alkyl halides is 3. The normalized spacial score (nSPS) is 19.1. The Morgan fingerprint density at radius 3 is 2.70 bits per heavy atom. The number of rotatable bonds is 8. The number of benzene rings is 1. The van der Waals surface area contributed by atoms with Gasteiger partial charge in [-0.2, -0.15) is 13.2 Å². The van der Waals surface area contributed by atoms with Gasteiger partial charge in [-0.15, -0.1) is 11.3 Å². The summed E-state index contributed by atoms with van der Waals surface area (Å²) >= 11 is 2.91. The van der Waals surface area contributed by atoms with Gasteiger partial charge < -0.3 is 18.6 Å². The molecule has 10 nitrogen and oxygen atoms in total. The molecular weight excluding hydrogens is 591 g/mol. The maximum Gasteiger partial charge on any atom is 0.485 e. The van der Waals surface area contributed by atoms with Crippen LogP contribution in [-0.2, 0) is 22.3 Å². The molecule has 2 aliphatic rings. The number of thioether (sulfide) groups is 1. The fourth-order valence-corrected chi connectivity index (χ4v) is 7.22. The van der Waals surface area contributed by atoms with Gasteiger partial charge in [-0.1, -0.05) is 0 Å². The van der Waals surface area contributed by atoms with Crippen LogP contribution in [-0.4, -0.2) is 61.5 Å². The minimum Gasteiger partial charge on any atom is -0.496 e. The second kappa shape index (κ2) is 10.9. The van der Waals surface area contributed by atoms with Gasteiger partial charge in [0.1, 0.15) is 29.4 Å². The van der Waals surface area contributed by atoms with Crippen LogP contribution in [0.3, 0.4) is 0 Å². The summed E-state index contributed by atoms with van der Waals surface area (Å²) < 4.78 is 75.7. The number of methoxy groups -OCH3 is 2. The molecule has 2 aliphatic heterocycles. The topological polar surface area (TPSA) is 104 Å². The summed E-state index contributed by atoms with van der Waals surface area (Å²) in [6.45, 7) is 0.399. The molecule has 16 heteroatoms. The van der Waals surface area contributed by atoms with E-state index in [2.05, 4.69) is 15.4 Å². The first kappa shape index (κ1) is 27.4. The van der Waals surface area contributed by atoms with Gasteiger partial charge in [0.25, 0.3) is 0 Å². The third-order valence-corrected chi connectivity index (χ3v) is 9.88. The van der Waals surface area contributed by atoms with E-state index in [1.54, 1.807) is 31.0 Å². The molecule has 6 rings (SSSR count). The van der Waals surface area contributed by atoms with E-state index in [0.717, 1.165) is 19.9 Å². The molecule has 1 saturated heterocycles. The number of imidazole rings is 1. The maximum atomic E-state index is 12.8. The highest BCUT2D eigenvalue weighted by Gasteiger charge is 2.42. The molecule has 3 aromatic heterocycles. The molecule has 1 aromatic carbocycles. The van der Waals surface area contributed by atoms with E-state index in [4.69, 9.17) is 18.6 Å². The Hall–Kier alpha value is -2.79. The Kier molecular flexibility index (Phi) is 7.45. The molecule has 2 atom stereocenters. The average molecular weight is 616 g/mol. The second-order valence-corrected chi connectivity index (χ2v) is 12.5. The summed E-state index contributed by atoms with van der Waals surface area (Å²) in [6, 6.07) is 5.42. The predicted octanol–water partition coefficient (Wildman–Crippen LogP) is 5.28. The third kappa shape index (κ3) is 5.42. The number of thiazole rings is 1. The van der Waals surface area contributed by atoms with Crippen molar-refractivity contribution in [3.63, 3.8) is 0 Å². The van der Waals surface area contributed by atoms with E-state index >= 15 is 0 Å². The molecule has 0 spiro atoms. The summed E-state index contributed by atoms with van der Waals surface area (Å²) in [7, 11) is 0.206. The zero-order valence-corrected chi connectivity index (χ0v) is 23.7. The lowest BCUT2D eigenvalue weighted by atomic mass is 9.99. The number of piperidine rings is 1. The molecule has 1 N–H and O–H groups in total. The summed E-state index contributed by atoms with van der Waals surface area (Å²) in [4.78, 5) is 9.30. The SMILES string of the molecule is COc1cc(OCc2csc(C3CCN(S(=O)C(F)(F)F)CC3)n2)c2cc(-c3cn4c(n3)SC(OC)N4)oc2c1. The lowest BCUT2D eigenvalue weighted by Crippen LogP contribution is -2.40. The Labute approximate surface area is 237 Å². The van der Waals surface area contributed by atoms with Crippen molar-refractivity contribution >= 4 is 45.1 Å². The molecule has 0 aliphatic carbocycles. The van der Waals surface area contributed by atoms with Gasteiger partial charge in [0.05, 0.1) is 29.4 Å². The number of nitrogens with one attached hydrogen (secondary N) is 1. The lowest BCUT2D eigenvalue weighted by molar-refractivity contribution is -0.0433. The zero-order valence-electron chi connectivity index (χ0n) is 21.3. The van der Waals surface area contributed by atoms with Crippen molar-refractivity contribution in [3.8, 4) is 23.0 Å². The van der Waals surface area contributed by atoms with Crippen LogP contribution in [0, 0.1) is 0 Å². The van der Waals surface area contributed by atoms with Gasteiger partial charge in [-0.25, -0.2) is 23.2 Å². The van der Waals surface area contributed by atoms with Crippen LogP contribution in [0.25, 0.3) is 22.4 Å². The quantitative estimate of drug-likeness (QED) is 0.284. The number of fused-ring (bicyclic) bond motifs is 2. The first-order valence-electron chi connectivity index (χ1n) is 12.2. The largest absolute Gasteiger partial charge is 0.496 e. The monoisotopic (exact) mass is 615 g/mol. The van der Waals surface area contributed by atoms with Crippen LogP contribution in [0.1, 0.15) is 29.5 Å². The molecule has 0 amide bonds. The fourth-order valence-electron chi connectivity index (χ4n) is 4.58. The summed E-state index contributed by atoms with van der Waals surface area (Å²) in [5, 5.41) is 4.24. The van der Waals surface area contributed by atoms with E-state index < -0.39 is 16.5 Å². The van der Waals surface area contributed by atoms with E-state index in [9.17, 15) is 17.4 Å². The smallest absolute Gasteiger partial charge is 0.485 e. The average Bonchev–Trinajstić information content (AvgIpc) is 3.73. The highest BCUT2D eigenvalue weighted by atomic mass is 32.2. The van der Waals surface area contributed by atoms with E-state index in [1.165, 1.54) is 23.1 Å². The van der Waals surface area contributed by atoms with E-state index in [0.29, 0.717) is 47.1 Å². The molecular formula is C24H24F3N5O5S3. The Bertz CT molecular complexity index is 1520. The van der Waals surface area contributed by atoms with E-state index in [1.807, 2.05) is 17.6 Å². The summed E-state index contributed by atoms with van der Waals surface area (Å²) in [5.74, 6) is 1.71. The maximum absolute atomic E-state index is 12.8. The number of furan rings is 1. The van der Waals surface area contributed by atoms with Crippen LogP contribution in [0.4, 0.5) is 13.2 Å². The molecule has 4 aromatic rings. The third-order valence-electron chi connectivity index (χ3n) is 6.59. The summed E-state index contributed by atoms with van der Waals surface area (Å²) in [6.07, 6.45) is 2.75. The standard InChI is InChI=1S/C24H24F3N5O5S3/c1-34-15-7-18(16-9-20(37-19(16)8-15)17-10-32-22(29-17)39-23(30-32)35-2)36-11-14-12-38-21(28-14)13-3-5-31(6-4-13)40(33)24(25,26)27/h7-10,12-13,23,30H,3-6,11H2,1-2H3. The molecule has 1 fully saturated rings. The number of ether oxygens (including phenoxy) is 3. The number of nitrogens with zero attached hydrogens (tertiary/aromatic N) is 4. The second-order valence-electron chi connectivity index (χ2n) is 9.11. The molecule has 0 saturated carbocycles. The molecule has 214 valence electrons. The first-order chi connectivity index (χ1) is 19.2. The molecule has 0 radical (unpaired) electrons. The fraction of sp³-hybridized carbons (Fsp3) is 0.417. The molecule has 2 unspecified atom stereocenters. The van der Waals surface area contributed by atoms with Crippen LogP contribution < -0.4 is 14.9 Å². The highest BCUT2D eigenvalue weighted by Crippen LogP contribution is 2.39. The van der Waals surface area contributed by atoms with Crippen LogP contribution >= 0.6 is 23.1 Å². The van der Waals surface area contributed by atoms with Crippen LogP contribution in [0.15, 0.2) is 39.3 Å². The van der Waals surface area contributed by atoms with Crippen LogP contribution in [0.5, 0.6) is 11.5 Å². The van der Waals surface area contributed by atoms with Crippen molar-refractivity contribution in [1.29, 1.82) is 0 Å². The van der Waals surface area contributed by atoms with Gasteiger partial charge in [-0.3, -0.25) is 5.43 Å². The minimum atomic E-state index is -4.73. The van der Waals surface area contributed by atoms with Crippen molar-refractivity contribution in [2.75, 3.05) is 32.7 Å². The number of hydrogen-bond donors (Lipinski definition) is 1. The van der Waals surface area contributed by atoms with Gasteiger partial charge >= 0.3 is 5.51 Å². The lowest BCUT2D eigenvalue weighted by Gasteiger charge is -2.30. The van der Waals surface area contributed by atoms with Crippen molar-refractivity contribution in [2.24, 2.45) is 0 Å². The van der Waals surface area contributed by atoms with Crippen molar-refractivity contribution in [3.05, 3.63) is 40.5 Å². The van der Waals surface area contributed by atoms with Gasteiger partial charge in [0.15, 0.2) is 16.5 Å². The molecule has 40 heavy (non-hydrogen) atoms. The molecule has 5 heterocycles. The van der Waals surface area contributed by atoms with Gasteiger partial charge in [0, 0.05) is 43.6 Å².